The molecular formula is C108H213N3O28SSi3. The minimum atomic E-state index is -2.61. The van der Waals surface area contributed by atoms with Crippen LogP contribution in [0.4, 0.5) is 0 Å². The van der Waals surface area contributed by atoms with Gasteiger partial charge in [0.15, 0.2) is 0 Å². The van der Waals surface area contributed by atoms with Gasteiger partial charge in [0.05, 0.1) is 113 Å². The van der Waals surface area contributed by atoms with Crippen molar-refractivity contribution in [3.63, 3.8) is 0 Å². The Kier molecular flexibility index (Phi) is 96.3. The van der Waals surface area contributed by atoms with Gasteiger partial charge >= 0.3 is 79.9 Å². The Hall–Kier alpha value is -5.88. The highest BCUT2D eigenvalue weighted by Crippen LogP contribution is 2.31. The fourth-order valence-corrected chi connectivity index (χ4v) is 16.1. The van der Waals surface area contributed by atoms with Gasteiger partial charge in [-0.25, -0.2) is 24.6 Å². The molecule has 0 bridgehead atoms. The molecule has 0 amide bonds. The van der Waals surface area contributed by atoms with Crippen molar-refractivity contribution in [2.75, 3.05) is 134 Å². The van der Waals surface area contributed by atoms with Crippen molar-refractivity contribution < 1.29 is 131 Å². The molecule has 0 saturated heterocycles. The van der Waals surface area contributed by atoms with E-state index in [1.165, 1.54) is 69.9 Å². The summed E-state index contributed by atoms with van der Waals surface area (Å²) in [5, 5.41) is 2.21. The predicted molar refractivity (Wildman–Crippen MR) is 582 cm³/mol. The minimum Gasteiger partial charge on any atom is -0.465 e. The summed E-state index contributed by atoms with van der Waals surface area (Å²) in [5.41, 5.74) is -3.53. The fourth-order valence-electron chi connectivity index (χ4n) is 10.3. The van der Waals surface area contributed by atoms with Crippen LogP contribution in [-0.2, 0) is 131 Å². The molecule has 0 spiro atoms. The number of aliphatic imine (C=N–C) groups is 3. The molecule has 0 aromatic rings. The normalized spacial score (nSPS) is 12.3. The van der Waals surface area contributed by atoms with Gasteiger partial charge in [-0.3, -0.25) is 43.2 Å². The van der Waals surface area contributed by atoms with Gasteiger partial charge in [0, 0.05) is 67.5 Å². The van der Waals surface area contributed by atoms with E-state index < -0.39 is 53.2 Å². The summed E-state index contributed by atoms with van der Waals surface area (Å²) in [6, 6.07) is 2.14. The number of nitrogens with zero attached hydrogens (tertiary/aromatic N) is 3. The molecule has 31 nitrogen and oxygen atoms in total. The predicted octanol–water partition coefficient (Wildman–Crippen LogP) is 25.6. The van der Waals surface area contributed by atoms with E-state index in [1.807, 2.05) is 214 Å². The molecule has 0 saturated carbocycles. The topological polar surface area (TPSA) is 382 Å². The molecule has 0 aromatic carbocycles. The van der Waals surface area contributed by atoms with Crippen LogP contribution in [0.5, 0.6) is 0 Å². The van der Waals surface area contributed by atoms with E-state index in [0.29, 0.717) is 109 Å². The number of esters is 9. The van der Waals surface area contributed by atoms with E-state index in [9.17, 15) is 52.7 Å². The summed E-state index contributed by atoms with van der Waals surface area (Å²) in [5.74, 6) is 0.329. The average molecular weight is 2120 g/mol. The van der Waals surface area contributed by atoms with E-state index in [1.54, 1.807) is 35.5 Å². The van der Waals surface area contributed by atoms with Crippen LogP contribution in [0.25, 0.3) is 0 Å². The maximum Gasteiger partial charge on any atom is 0.501 e. The quantitative estimate of drug-likeness (QED) is 0.0104. The zero-order valence-corrected chi connectivity index (χ0v) is 102. The van der Waals surface area contributed by atoms with Crippen LogP contribution in [0.15, 0.2) is 15.0 Å². The largest absolute Gasteiger partial charge is 0.501 e. The number of ether oxygens (including phenoxy) is 9. The maximum absolute atomic E-state index is 11.9. The third-order valence-electron chi connectivity index (χ3n) is 26.0. The number of carbonyl (C=O) groups is 9. The van der Waals surface area contributed by atoms with E-state index in [0.717, 1.165) is 89.5 Å². The Morgan fingerprint density at radius 1 is 0.273 bits per heavy atom. The molecule has 0 aliphatic carbocycles. The summed E-state index contributed by atoms with van der Waals surface area (Å²) in [7, 11) is 0.899. The second-order valence-corrected chi connectivity index (χ2v) is 50.6. The van der Waals surface area contributed by atoms with Crippen molar-refractivity contribution in [2.24, 2.45) is 81.5 Å². The molecule has 143 heavy (non-hydrogen) atoms. The van der Waals surface area contributed by atoms with Crippen LogP contribution in [-0.4, -0.2) is 232 Å². The van der Waals surface area contributed by atoms with Crippen LogP contribution in [0.3, 0.4) is 0 Å². The Morgan fingerprint density at radius 3 is 0.643 bits per heavy atom. The van der Waals surface area contributed by atoms with Gasteiger partial charge in [0.2, 0.25) is 12.2 Å². The lowest BCUT2D eigenvalue weighted by atomic mass is 9.90. The number of hydrogen-bond acceptors (Lipinski definition) is 32. The molecule has 0 rings (SSSR count). The highest BCUT2D eigenvalue weighted by molar-refractivity contribution is 7.78. The number of carbonyl (C=O) groups excluding carboxylic acids is 11. The molecule has 3 atom stereocenters. The van der Waals surface area contributed by atoms with Crippen LogP contribution in [0.2, 0.25) is 24.7 Å². The highest BCUT2D eigenvalue weighted by atomic mass is 32.1. The Balaban J connectivity index is -0.000000203. The zero-order chi connectivity index (χ0) is 113. The van der Waals surface area contributed by atoms with Crippen LogP contribution in [0.1, 0.15) is 403 Å². The van der Waals surface area contributed by atoms with Gasteiger partial charge in [0.1, 0.15) is 19.8 Å². The first-order valence-corrected chi connectivity index (χ1v) is 59.7. The molecule has 3 unspecified atom stereocenters. The number of unbranched alkanes of at least 4 members (excludes halogenated alkanes) is 3. The second-order valence-electron chi connectivity index (χ2n) is 41.0. The van der Waals surface area contributed by atoms with E-state index >= 15 is 0 Å². The number of isocyanates is 2. The third kappa shape index (κ3) is 78.1. The Morgan fingerprint density at radius 2 is 0.469 bits per heavy atom. The van der Waals surface area contributed by atoms with Crippen molar-refractivity contribution in [2.45, 2.75) is 428 Å². The van der Waals surface area contributed by atoms with Crippen LogP contribution >= 0.6 is 12.2 Å². The standard InChI is InChI=1S/C15H32O5Si.3C14H28O2.C12H26O5Si.C12H26O4Si.2C9H15NO3.C9H15NO2S/c1-7-15(5,6)14(16)17-12-11-13-21(18-8-2,19-9-3)20-10-4;3*1-6-9-10-12(7-2)11-16-13(15)14(4,5)8-3;1-7-12(2,3)11(13)17-9-8-10-18(14-4,15-5)16-6;1-7-12(2,3)11(13)16-9-8-10-17(6,14-4)15-5;2*1-4-9(2,3)8(12)13-6-5-10-7-11;1-4-9(2,3)8(11)12-6-5-10-7-13/h7-13H2,1-6H3;3*12H,6-11H2,1-5H3;7-10H2,1-6H3;7-10H2,1-6H3;3*4-6H2,1-3H3. The fraction of sp³-hybridized carbons (Fsp3) is 0.889. The molecule has 846 valence electrons. The Bertz CT molecular complexity index is 3180. The molecule has 0 aromatic heterocycles. The molecule has 0 aliphatic heterocycles. The first-order valence-electron chi connectivity index (χ1n) is 52.9. The molecule has 35 heteroatoms. The first kappa shape index (κ1) is 155. The van der Waals surface area contributed by atoms with Gasteiger partial charge < -0.3 is 78.0 Å². The summed E-state index contributed by atoms with van der Waals surface area (Å²) in [6.07, 6.45) is 26.1. The lowest BCUT2D eigenvalue weighted by Crippen LogP contribution is -2.46. The SMILES string of the molecule is CCC(C)(C)C(=O)OCCC[Si](C)(OC)OC.CCC(C)(C)C(=O)OCCC[Si](OC)(OC)OC.CCC(C)(C)C(=O)OCCN=C=O.CCC(C)(C)C(=O)OCCN=C=O.CCC(C)(C)C(=O)OCCN=C=S.CCCCC(CC)COC(=O)C(C)(C)CC.CCCCC(CC)COC(=O)C(C)(C)CC.CCCCC(CC)COC(=O)C(C)(C)CC.CCO[Si](CCCOC(=O)C(C)(C)CC)(OCC)OCC. The summed E-state index contributed by atoms with van der Waals surface area (Å²) < 4.78 is 90.7. The van der Waals surface area contributed by atoms with Gasteiger partial charge in [0.25, 0.3) is 0 Å². The Labute approximate surface area is 879 Å². The smallest absolute Gasteiger partial charge is 0.465 e. The van der Waals surface area contributed by atoms with Gasteiger partial charge in [-0.15, -0.1) is 0 Å². The highest BCUT2D eigenvalue weighted by Gasteiger charge is 2.42. The lowest BCUT2D eigenvalue weighted by Gasteiger charge is -2.28. The van der Waals surface area contributed by atoms with E-state index in [2.05, 4.69) is 73.9 Å². The maximum atomic E-state index is 11.9. The second kappa shape index (κ2) is 89.0. The summed E-state index contributed by atoms with van der Waals surface area (Å²) >= 11 is 4.37. The van der Waals surface area contributed by atoms with Gasteiger partial charge in [-0.05, 0) is 284 Å². The molecule has 0 aliphatic rings. The summed E-state index contributed by atoms with van der Waals surface area (Å²) in [4.78, 5) is 134. The molecule has 0 heterocycles. The van der Waals surface area contributed by atoms with Gasteiger partial charge in [-0.2, -0.15) is 0 Å². The number of isothiocyanates is 1. The third-order valence-corrected chi connectivity index (χ3v) is 35.1. The molecular weight excluding hydrogens is 1900 g/mol. The van der Waals surface area contributed by atoms with E-state index in [-0.39, 0.29) is 108 Å². The van der Waals surface area contributed by atoms with Gasteiger partial charge in [-0.1, -0.05) is 162 Å². The van der Waals surface area contributed by atoms with E-state index in [4.69, 9.17) is 78.0 Å². The van der Waals surface area contributed by atoms with Crippen LogP contribution in [0, 0.1) is 66.5 Å². The number of hydrogen-bond donors (Lipinski definition) is 0. The molecule has 0 radical (unpaired) electrons. The molecule has 0 fully saturated rings. The lowest BCUT2D eigenvalue weighted by molar-refractivity contribution is -0.156. The minimum absolute atomic E-state index is 0.0510. The van der Waals surface area contributed by atoms with Crippen molar-refractivity contribution >= 4 is 109 Å². The molecule has 0 N–H and O–H groups in total. The number of rotatable bonds is 68. The average Bonchev–Trinajstić information content (AvgIpc) is 0.867. The van der Waals surface area contributed by atoms with Crippen molar-refractivity contribution in [1.29, 1.82) is 0 Å². The van der Waals surface area contributed by atoms with Crippen LogP contribution < -0.4 is 0 Å². The first-order chi connectivity index (χ1) is 66.6. The van der Waals surface area contributed by atoms with Crippen molar-refractivity contribution in [3.05, 3.63) is 0 Å². The number of thiocarbonyl (C=S) groups is 1. The van der Waals surface area contributed by atoms with Crippen molar-refractivity contribution in [1.82, 2.24) is 0 Å². The summed E-state index contributed by atoms with van der Waals surface area (Å²) in [6.45, 7) is 78.8. The zero-order valence-electron chi connectivity index (χ0n) is 98.6. The monoisotopic (exact) mass is 2120 g/mol. The van der Waals surface area contributed by atoms with Crippen molar-refractivity contribution in [3.8, 4) is 0 Å².